The highest BCUT2D eigenvalue weighted by molar-refractivity contribution is 6.30. The van der Waals surface area contributed by atoms with E-state index in [-0.39, 0.29) is 37.3 Å². The van der Waals surface area contributed by atoms with Crippen LogP contribution in [0.15, 0.2) is 48.2 Å². The van der Waals surface area contributed by atoms with Crippen molar-refractivity contribution in [1.82, 2.24) is 25.3 Å². The minimum Gasteiger partial charge on any atom is -0.463 e. The summed E-state index contributed by atoms with van der Waals surface area (Å²) in [7, 11) is 0. The van der Waals surface area contributed by atoms with Crippen LogP contribution in [0.4, 0.5) is 9.59 Å². The Morgan fingerprint density at radius 1 is 1.28 bits per heavy atom. The van der Waals surface area contributed by atoms with Crippen molar-refractivity contribution >= 4 is 29.6 Å². The molecule has 0 aliphatic carbocycles. The highest BCUT2D eigenvalue weighted by Crippen LogP contribution is 2.33. The van der Waals surface area contributed by atoms with Gasteiger partial charge in [-0.15, -0.1) is 6.58 Å². The first-order valence-electron chi connectivity index (χ1n) is 12.3. The van der Waals surface area contributed by atoms with Gasteiger partial charge in [0.25, 0.3) is 0 Å². The SMILES string of the molecule is C=CCN1C(=O)N[C@@H](c2ccc(Cl)cc2)C(C(=O)OCC)=C1CN1CCN(C(=O)NC(C)C)[C@H](C)C1. The molecule has 3 rings (SSSR count). The van der Waals surface area contributed by atoms with Gasteiger partial charge in [-0.1, -0.05) is 29.8 Å². The van der Waals surface area contributed by atoms with Gasteiger partial charge in [0.2, 0.25) is 0 Å². The molecule has 1 fully saturated rings. The smallest absolute Gasteiger partial charge is 0.338 e. The van der Waals surface area contributed by atoms with Crippen molar-refractivity contribution in [3.8, 4) is 0 Å². The topological polar surface area (TPSA) is 94.2 Å². The fraction of sp³-hybridized carbons (Fsp3) is 0.500. The van der Waals surface area contributed by atoms with Crippen molar-refractivity contribution in [2.24, 2.45) is 0 Å². The van der Waals surface area contributed by atoms with E-state index in [1.54, 1.807) is 37.3 Å². The van der Waals surface area contributed by atoms with Crippen LogP contribution < -0.4 is 10.6 Å². The molecule has 9 nitrogen and oxygen atoms in total. The fourth-order valence-corrected chi connectivity index (χ4v) is 4.70. The van der Waals surface area contributed by atoms with Crippen LogP contribution in [0.3, 0.4) is 0 Å². The van der Waals surface area contributed by atoms with E-state index in [1.807, 2.05) is 25.7 Å². The van der Waals surface area contributed by atoms with E-state index in [0.29, 0.717) is 42.5 Å². The number of ether oxygens (including phenoxy) is 1. The van der Waals surface area contributed by atoms with Crippen LogP contribution >= 0.6 is 11.6 Å². The van der Waals surface area contributed by atoms with Gasteiger partial charge in [-0.05, 0) is 45.4 Å². The summed E-state index contributed by atoms with van der Waals surface area (Å²) in [5.74, 6) is -0.482. The predicted octanol–water partition coefficient (Wildman–Crippen LogP) is 3.53. The van der Waals surface area contributed by atoms with Crippen molar-refractivity contribution < 1.29 is 19.1 Å². The molecular formula is C26H36ClN5O4. The largest absolute Gasteiger partial charge is 0.463 e. The van der Waals surface area contributed by atoms with Crippen molar-refractivity contribution in [1.29, 1.82) is 0 Å². The van der Waals surface area contributed by atoms with Gasteiger partial charge in [-0.2, -0.15) is 0 Å². The molecule has 2 N–H and O–H groups in total. The van der Waals surface area contributed by atoms with Crippen LogP contribution in [-0.4, -0.2) is 84.1 Å². The third-order valence-corrected chi connectivity index (χ3v) is 6.46. The number of rotatable bonds is 8. The summed E-state index contributed by atoms with van der Waals surface area (Å²) >= 11 is 6.08. The summed E-state index contributed by atoms with van der Waals surface area (Å²) in [5.41, 5.74) is 1.69. The number of urea groups is 2. The predicted molar refractivity (Wildman–Crippen MR) is 140 cm³/mol. The van der Waals surface area contributed by atoms with Gasteiger partial charge in [0.15, 0.2) is 0 Å². The fourth-order valence-electron chi connectivity index (χ4n) is 4.57. The first-order chi connectivity index (χ1) is 17.2. The molecule has 2 aliphatic heterocycles. The minimum atomic E-state index is -0.680. The number of hydrogen-bond acceptors (Lipinski definition) is 5. The maximum Gasteiger partial charge on any atom is 0.338 e. The molecule has 0 saturated carbocycles. The number of halogens is 1. The van der Waals surface area contributed by atoms with E-state index >= 15 is 0 Å². The maximum absolute atomic E-state index is 13.3. The van der Waals surface area contributed by atoms with Crippen LogP contribution in [-0.2, 0) is 9.53 Å². The van der Waals surface area contributed by atoms with Gasteiger partial charge >= 0.3 is 18.0 Å². The zero-order valence-corrected chi connectivity index (χ0v) is 22.2. The lowest BCUT2D eigenvalue weighted by atomic mass is 9.94. The lowest BCUT2D eigenvalue weighted by Crippen LogP contribution is -2.58. The number of carbonyl (C=O) groups is 3. The molecule has 1 aromatic carbocycles. The molecular weight excluding hydrogens is 482 g/mol. The maximum atomic E-state index is 13.3. The number of benzene rings is 1. The van der Waals surface area contributed by atoms with E-state index in [1.165, 1.54) is 4.90 Å². The zero-order valence-electron chi connectivity index (χ0n) is 21.4. The highest BCUT2D eigenvalue weighted by Gasteiger charge is 2.39. The Bertz CT molecular complexity index is 1010. The second-order valence-electron chi connectivity index (χ2n) is 9.30. The zero-order chi connectivity index (χ0) is 26.4. The second-order valence-corrected chi connectivity index (χ2v) is 9.73. The van der Waals surface area contributed by atoms with E-state index in [2.05, 4.69) is 22.1 Å². The van der Waals surface area contributed by atoms with Crippen LogP contribution in [0.2, 0.25) is 5.02 Å². The Balaban J connectivity index is 1.96. The van der Waals surface area contributed by atoms with Crippen molar-refractivity contribution in [2.75, 3.05) is 39.3 Å². The number of nitrogens with zero attached hydrogens (tertiary/aromatic N) is 3. The minimum absolute atomic E-state index is 0.0403. The molecule has 196 valence electrons. The molecule has 10 heteroatoms. The van der Waals surface area contributed by atoms with Crippen molar-refractivity contribution in [3.63, 3.8) is 0 Å². The number of carbonyl (C=O) groups excluding carboxylic acids is 3. The Labute approximate surface area is 218 Å². The van der Waals surface area contributed by atoms with E-state index in [0.717, 1.165) is 5.56 Å². The van der Waals surface area contributed by atoms with Gasteiger partial charge in [0.1, 0.15) is 0 Å². The number of esters is 1. The van der Waals surface area contributed by atoms with Crippen LogP contribution in [0, 0.1) is 0 Å². The molecule has 0 bridgehead atoms. The number of hydrogen-bond donors (Lipinski definition) is 2. The second kappa shape index (κ2) is 12.3. The lowest BCUT2D eigenvalue weighted by Gasteiger charge is -2.43. The normalized spacial score (nSPS) is 20.9. The number of nitrogens with one attached hydrogen (secondary N) is 2. The molecule has 0 radical (unpaired) electrons. The lowest BCUT2D eigenvalue weighted by molar-refractivity contribution is -0.139. The van der Waals surface area contributed by atoms with Crippen molar-refractivity contribution in [3.05, 3.63) is 58.8 Å². The summed E-state index contributed by atoms with van der Waals surface area (Å²) in [6.45, 7) is 13.9. The van der Waals surface area contributed by atoms with E-state index in [9.17, 15) is 14.4 Å². The van der Waals surface area contributed by atoms with Crippen molar-refractivity contribution in [2.45, 2.75) is 45.8 Å². The summed E-state index contributed by atoms with van der Waals surface area (Å²) in [6, 6.07) is 5.97. The average molecular weight is 518 g/mol. The average Bonchev–Trinajstić information content (AvgIpc) is 2.81. The third kappa shape index (κ3) is 6.39. The molecule has 2 atom stereocenters. The quantitative estimate of drug-likeness (QED) is 0.406. The summed E-state index contributed by atoms with van der Waals surface area (Å²) in [5, 5.41) is 6.46. The molecule has 0 unspecified atom stereocenters. The molecule has 2 aliphatic rings. The monoisotopic (exact) mass is 517 g/mol. The molecule has 2 heterocycles. The molecule has 36 heavy (non-hydrogen) atoms. The van der Waals surface area contributed by atoms with Gasteiger partial charge < -0.3 is 20.3 Å². The van der Waals surface area contributed by atoms with Gasteiger partial charge in [-0.3, -0.25) is 9.80 Å². The molecule has 1 saturated heterocycles. The third-order valence-electron chi connectivity index (χ3n) is 6.21. The van der Waals surface area contributed by atoms with Gasteiger partial charge in [0.05, 0.1) is 18.2 Å². The highest BCUT2D eigenvalue weighted by atomic mass is 35.5. The summed E-state index contributed by atoms with van der Waals surface area (Å²) in [4.78, 5) is 44.6. The molecule has 0 aromatic heterocycles. The van der Waals surface area contributed by atoms with E-state index in [4.69, 9.17) is 16.3 Å². The van der Waals surface area contributed by atoms with Crippen LogP contribution in [0.1, 0.15) is 39.3 Å². The van der Waals surface area contributed by atoms with E-state index < -0.39 is 12.0 Å². The Morgan fingerprint density at radius 2 is 1.97 bits per heavy atom. The Kier molecular flexibility index (Phi) is 9.39. The number of amides is 4. The van der Waals surface area contributed by atoms with Crippen LogP contribution in [0.5, 0.6) is 0 Å². The standard InChI is InChI=1S/C26H36ClN5O4/c1-6-12-32-21(16-30-13-14-31(18(5)15-30)25(34)28-17(3)4)22(24(33)36-7-2)23(29-26(32)35)19-8-10-20(27)11-9-19/h6,8-11,17-18,23H,1,7,12-16H2,2-5H3,(H,28,34)(H,29,35)/t18-,23+/m1/s1. The molecule has 0 spiro atoms. The summed E-state index contributed by atoms with van der Waals surface area (Å²) in [6.07, 6.45) is 1.63. The first-order valence-corrected chi connectivity index (χ1v) is 12.7. The summed E-state index contributed by atoms with van der Waals surface area (Å²) < 4.78 is 5.44. The Hall–Kier alpha value is -3.04. The van der Waals surface area contributed by atoms with Crippen LogP contribution in [0.25, 0.3) is 0 Å². The van der Waals surface area contributed by atoms with Gasteiger partial charge in [0, 0.05) is 55.5 Å². The molecule has 1 aromatic rings. The Morgan fingerprint density at radius 3 is 2.56 bits per heavy atom. The van der Waals surface area contributed by atoms with Gasteiger partial charge in [-0.25, -0.2) is 14.4 Å². The first kappa shape index (κ1) is 27.5. The number of piperazine rings is 1. The molecule has 4 amide bonds.